The van der Waals surface area contributed by atoms with E-state index in [2.05, 4.69) is 5.32 Å². The SMILES string of the molecule is CCN[C@@H](C)C(=O)OCC(C)(C)C. The van der Waals surface area contributed by atoms with Crippen LogP contribution in [0.4, 0.5) is 0 Å². The lowest BCUT2D eigenvalue weighted by Crippen LogP contribution is -2.36. The first kappa shape index (κ1) is 12.4. The van der Waals surface area contributed by atoms with Gasteiger partial charge < -0.3 is 10.1 Å². The van der Waals surface area contributed by atoms with Crippen molar-refractivity contribution >= 4 is 5.97 Å². The fourth-order valence-corrected chi connectivity index (χ4v) is 0.802. The standard InChI is InChI=1S/C10H21NO2/c1-6-11-8(2)9(12)13-7-10(3,4)5/h8,11H,6-7H2,1-5H3/t8-/m0/s1. The Balaban J connectivity index is 3.74. The summed E-state index contributed by atoms with van der Waals surface area (Å²) in [5.41, 5.74) is 0.0432. The summed E-state index contributed by atoms with van der Waals surface area (Å²) in [5, 5.41) is 3.01. The van der Waals surface area contributed by atoms with Crippen LogP contribution in [0.15, 0.2) is 0 Å². The van der Waals surface area contributed by atoms with Gasteiger partial charge >= 0.3 is 5.97 Å². The Morgan fingerprint density at radius 1 is 1.46 bits per heavy atom. The first-order valence-electron chi connectivity index (χ1n) is 4.77. The number of hydrogen-bond donors (Lipinski definition) is 1. The minimum atomic E-state index is -0.202. The second kappa shape index (κ2) is 5.22. The molecule has 0 aromatic rings. The van der Waals surface area contributed by atoms with E-state index < -0.39 is 0 Å². The van der Waals surface area contributed by atoms with Crippen LogP contribution in [-0.4, -0.2) is 25.2 Å². The number of likely N-dealkylation sites (N-methyl/N-ethyl adjacent to an activating group) is 1. The summed E-state index contributed by atoms with van der Waals surface area (Å²) in [6, 6.07) is -0.202. The largest absolute Gasteiger partial charge is 0.464 e. The van der Waals surface area contributed by atoms with E-state index in [0.717, 1.165) is 6.54 Å². The van der Waals surface area contributed by atoms with E-state index in [4.69, 9.17) is 4.74 Å². The van der Waals surface area contributed by atoms with Crippen LogP contribution in [0.25, 0.3) is 0 Å². The number of esters is 1. The molecule has 13 heavy (non-hydrogen) atoms. The van der Waals surface area contributed by atoms with Crippen LogP contribution in [0.3, 0.4) is 0 Å². The summed E-state index contributed by atoms with van der Waals surface area (Å²) in [7, 11) is 0. The van der Waals surface area contributed by atoms with Crippen molar-refractivity contribution in [3.05, 3.63) is 0 Å². The molecule has 78 valence electrons. The highest BCUT2D eigenvalue weighted by atomic mass is 16.5. The molecule has 0 aliphatic heterocycles. The van der Waals surface area contributed by atoms with Gasteiger partial charge in [0.15, 0.2) is 0 Å². The van der Waals surface area contributed by atoms with E-state index in [0.29, 0.717) is 6.61 Å². The summed E-state index contributed by atoms with van der Waals surface area (Å²) in [4.78, 5) is 11.3. The highest BCUT2D eigenvalue weighted by molar-refractivity contribution is 5.75. The molecule has 0 aliphatic carbocycles. The Morgan fingerprint density at radius 2 is 2.00 bits per heavy atom. The number of hydrogen-bond acceptors (Lipinski definition) is 3. The minimum Gasteiger partial charge on any atom is -0.464 e. The molecule has 0 heterocycles. The molecule has 0 fully saturated rings. The first-order valence-corrected chi connectivity index (χ1v) is 4.77. The molecule has 0 radical (unpaired) electrons. The summed E-state index contributed by atoms with van der Waals surface area (Å²) >= 11 is 0. The van der Waals surface area contributed by atoms with Gasteiger partial charge in [0.2, 0.25) is 0 Å². The van der Waals surface area contributed by atoms with Crippen molar-refractivity contribution in [3.63, 3.8) is 0 Å². The van der Waals surface area contributed by atoms with Gasteiger partial charge in [-0.05, 0) is 18.9 Å². The Kier molecular flexibility index (Phi) is 4.99. The van der Waals surface area contributed by atoms with Gasteiger partial charge in [0.1, 0.15) is 6.04 Å². The molecule has 0 aromatic carbocycles. The van der Waals surface area contributed by atoms with E-state index in [-0.39, 0.29) is 17.4 Å². The van der Waals surface area contributed by atoms with E-state index in [1.54, 1.807) is 0 Å². The maximum Gasteiger partial charge on any atom is 0.322 e. The molecule has 1 atom stereocenters. The van der Waals surface area contributed by atoms with Gasteiger partial charge in [0, 0.05) is 0 Å². The van der Waals surface area contributed by atoms with Crippen LogP contribution in [0.1, 0.15) is 34.6 Å². The van der Waals surface area contributed by atoms with Crippen LogP contribution in [0, 0.1) is 5.41 Å². The van der Waals surface area contributed by atoms with Gasteiger partial charge in [-0.25, -0.2) is 0 Å². The molecule has 0 aromatic heterocycles. The molecule has 1 N–H and O–H groups in total. The predicted molar refractivity (Wildman–Crippen MR) is 53.6 cm³/mol. The second-order valence-corrected chi connectivity index (χ2v) is 4.45. The van der Waals surface area contributed by atoms with Crippen LogP contribution < -0.4 is 5.32 Å². The molecule has 0 saturated heterocycles. The van der Waals surface area contributed by atoms with Gasteiger partial charge in [0.25, 0.3) is 0 Å². The molecule has 3 heteroatoms. The van der Waals surface area contributed by atoms with Crippen molar-refractivity contribution in [1.82, 2.24) is 5.32 Å². The number of carbonyl (C=O) groups is 1. The molecular formula is C10H21NO2. The quantitative estimate of drug-likeness (QED) is 0.679. The maximum absolute atomic E-state index is 11.3. The molecule has 0 spiro atoms. The Morgan fingerprint density at radius 3 is 2.38 bits per heavy atom. The molecule has 0 bridgehead atoms. The highest BCUT2D eigenvalue weighted by Crippen LogP contribution is 2.13. The van der Waals surface area contributed by atoms with Crippen molar-refractivity contribution in [2.75, 3.05) is 13.2 Å². The van der Waals surface area contributed by atoms with Crippen LogP contribution in [-0.2, 0) is 9.53 Å². The van der Waals surface area contributed by atoms with E-state index >= 15 is 0 Å². The topological polar surface area (TPSA) is 38.3 Å². The Hall–Kier alpha value is -0.570. The van der Waals surface area contributed by atoms with E-state index in [9.17, 15) is 4.79 Å². The van der Waals surface area contributed by atoms with Gasteiger partial charge in [-0.3, -0.25) is 4.79 Å². The van der Waals surface area contributed by atoms with Gasteiger partial charge in [-0.15, -0.1) is 0 Å². The summed E-state index contributed by atoms with van der Waals surface area (Å²) in [6.45, 7) is 11.2. The summed E-state index contributed by atoms with van der Waals surface area (Å²) < 4.78 is 5.12. The Bertz CT molecular complexity index is 161. The van der Waals surface area contributed by atoms with Crippen LogP contribution >= 0.6 is 0 Å². The lowest BCUT2D eigenvalue weighted by Gasteiger charge is -2.19. The maximum atomic E-state index is 11.3. The minimum absolute atomic E-state index is 0.0432. The van der Waals surface area contributed by atoms with Crippen molar-refractivity contribution in [2.45, 2.75) is 40.7 Å². The highest BCUT2D eigenvalue weighted by Gasteiger charge is 2.17. The van der Waals surface area contributed by atoms with E-state index in [1.165, 1.54) is 0 Å². The van der Waals surface area contributed by atoms with Crippen molar-refractivity contribution in [1.29, 1.82) is 0 Å². The fourth-order valence-electron chi connectivity index (χ4n) is 0.802. The zero-order chi connectivity index (χ0) is 10.5. The monoisotopic (exact) mass is 187 g/mol. The fraction of sp³-hybridized carbons (Fsp3) is 0.900. The van der Waals surface area contributed by atoms with Crippen molar-refractivity contribution in [3.8, 4) is 0 Å². The molecule has 0 aliphatic rings. The lowest BCUT2D eigenvalue weighted by atomic mass is 9.99. The Labute approximate surface area is 80.8 Å². The smallest absolute Gasteiger partial charge is 0.322 e. The predicted octanol–water partition coefficient (Wildman–Crippen LogP) is 1.57. The average molecular weight is 187 g/mol. The summed E-state index contributed by atoms with van der Waals surface area (Å²) in [5.74, 6) is -0.170. The number of rotatable bonds is 4. The molecule has 0 amide bonds. The lowest BCUT2D eigenvalue weighted by molar-refractivity contribution is -0.148. The van der Waals surface area contributed by atoms with Gasteiger partial charge in [-0.2, -0.15) is 0 Å². The molecule has 0 saturated carbocycles. The third-order valence-corrected chi connectivity index (χ3v) is 1.51. The number of ether oxygens (including phenoxy) is 1. The third-order valence-electron chi connectivity index (χ3n) is 1.51. The van der Waals surface area contributed by atoms with E-state index in [1.807, 2.05) is 34.6 Å². The van der Waals surface area contributed by atoms with Crippen LogP contribution in [0.2, 0.25) is 0 Å². The van der Waals surface area contributed by atoms with Crippen molar-refractivity contribution < 1.29 is 9.53 Å². The molecule has 0 unspecified atom stereocenters. The molecule has 3 nitrogen and oxygen atoms in total. The number of nitrogens with one attached hydrogen (secondary N) is 1. The summed E-state index contributed by atoms with van der Waals surface area (Å²) in [6.07, 6.45) is 0. The third kappa shape index (κ3) is 6.58. The zero-order valence-corrected chi connectivity index (χ0v) is 9.31. The molecular weight excluding hydrogens is 166 g/mol. The van der Waals surface area contributed by atoms with Gasteiger partial charge in [0.05, 0.1) is 6.61 Å². The first-order chi connectivity index (χ1) is 5.87. The number of carbonyl (C=O) groups excluding carboxylic acids is 1. The molecule has 0 rings (SSSR count). The second-order valence-electron chi connectivity index (χ2n) is 4.45. The average Bonchev–Trinajstić information content (AvgIpc) is 1.99. The van der Waals surface area contributed by atoms with Crippen LogP contribution in [0.5, 0.6) is 0 Å². The zero-order valence-electron chi connectivity index (χ0n) is 9.31. The van der Waals surface area contributed by atoms with Gasteiger partial charge in [-0.1, -0.05) is 27.7 Å². The van der Waals surface area contributed by atoms with Crippen molar-refractivity contribution in [2.24, 2.45) is 5.41 Å². The normalized spacial score (nSPS) is 13.9.